The Labute approximate surface area is 68.2 Å². The Hall–Kier alpha value is 0.310. The molecule has 0 aromatic heterocycles. The molecule has 2 heteroatoms. The Morgan fingerprint density at radius 2 is 2.10 bits per heavy atom. The number of rotatable bonds is 6. The number of aliphatic hydroxyl groups is 1. The summed E-state index contributed by atoms with van der Waals surface area (Å²) < 4.78 is 0. The molecule has 10 heavy (non-hydrogen) atoms. The summed E-state index contributed by atoms with van der Waals surface area (Å²) in [5.74, 6) is 1.20. The third kappa shape index (κ3) is 6.43. The van der Waals surface area contributed by atoms with E-state index in [1.165, 1.54) is 12.2 Å². The predicted molar refractivity (Wildman–Crippen MR) is 48.5 cm³/mol. The van der Waals surface area contributed by atoms with Crippen molar-refractivity contribution in [1.29, 1.82) is 0 Å². The second kappa shape index (κ2) is 7.42. The van der Waals surface area contributed by atoms with Crippen LogP contribution >= 0.6 is 11.8 Å². The Balaban J connectivity index is 2.89. The summed E-state index contributed by atoms with van der Waals surface area (Å²) in [7, 11) is 0. The third-order valence-electron chi connectivity index (χ3n) is 1.53. The van der Waals surface area contributed by atoms with Gasteiger partial charge in [-0.2, -0.15) is 11.8 Å². The standard InChI is InChI=1S/C8H18OS/c1-3-8(2)10-7-5-4-6-9/h8-9H,3-7H2,1-2H3. The van der Waals surface area contributed by atoms with Gasteiger partial charge in [-0.1, -0.05) is 13.8 Å². The predicted octanol–water partition coefficient (Wildman–Crippen LogP) is 2.29. The highest BCUT2D eigenvalue weighted by atomic mass is 32.2. The molecule has 1 atom stereocenters. The van der Waals surface area contributed by atoms with Crippen molar-refractivity contribution >= 4 is 11.8 Å². The molecule has 0 heterocycles. The van der Waals surface area contributed by atoms with E-state index in [1.807, 2.05) is 11.8 Å². The maximum absolute atomic E-state index is 8.48. The molecule has 0 saturated heterocycles. The molecule has 1 nitrogen and oxygen atoms in total. The average molecular weight is 162 g/mol. The molecule has 0 saturated carbocycles. The van der Waals surface area contributed by atoms with Crippen LogP contribution in [0.5, 0.6) is 0 Å². The molecule has 0 aromatic carbocycles. The first kappa shape index (κ1) is 10.3. The van der Waals surface area contributed by atoms with Gasteiger partial charge in [-0.15, -0.1) is 0 Å². The zero-order valence-electron chi connectivity index (χ0n) is 6.97. The normalized spacial score (nSPS) is 13.5. The molecule has 0 fully saturated rings. The summed E-state index contributed by atoms with van der Waals surface area (Å²) in [6.07, 6.45) is 3.37. The van der Waals surface area contributed by atoms with Crippen molar-refractivity contribution in [3.63, 3.8) is 0 Å². The SMILES string of the molecule is CCC(C)SCCCCO. The van der Waals surface area contributed by atoms with Gasteiger partial charge in [-0.3, -0.25) is 0 Å². The second-order valence-corrected chi connectivity index (χ2v) is 4.07. The van der Waals surface area contributed by atoms with E-state index < -0.39 is 0 Å². The van der Waals surface area contributed by atoms with Crippen molar-refractivity contribution < 1.29 is 5.11 Å². The fourth-order valence-corrected chi connectivity index (χ4v) is 1.63. The molecule has 1 N–H and O–H groups in total. The van der Waals surface area contributed by atoms with Crippen molar-refractivity contribution in [3.05, 3.63) is 0 Å². The quantitative estimate of drug-likeness (QED) is 0.605. The van der Waals surface area contributed by atoms with Crippen LogP contribution in [0.25, 0.3) is 0 Å². The van der Waals surface area contributed by atoms with E-state index in [0.29, 0.717) is 6.61 Å². The molecule has 0 radical (unpaired) electrons. The number of hydrogen-bond acceptors (Lipinski definition) is 2. The third-order valence-corrected chi connectivity index (χ3v) is 2.96. The highest BCUT2D eigenvalue weighted by molar-refractivity contribution is 7.99. The van der Waals surface area contributed by atoms with Crippen molar-refractivity contribution in [2.45, 2.75) is 38.4 Å². The zero-order chi connectivity index (χ0) is 7.82. The van der Waals surface area contributed by atoms with Gasteiger partial charge in [0.15, 0.2) is 0 Å². The van der Waals surface area contributed by atoms with Crippen LogP contribution < -0.4 is 0 Å². The van der Waals surface area contributed by atoms with E-state index in [4.69, 9.17) is 5.11 Å². The average Bonchev–Trinajstić information content (AvgIpc) is 1.98. The van der Waals surface area contributed by atoms with Gasteiger partial charge in [0.1, 0.15) is 0 Å². The van der Waals surface area contributed by atoms with Crippen LogP contribution in [0.3, 0.4) is 0 Å². The van der Waals surface area contributed by atoms with Crippen LogP contribution in [0, 0.1) is 0 Å². The minimum atomic E-state index is 0.348. The van der Waals surface area contributed by atoms with Gasteiger partial charge in [0, 0.05) is 11.9 Å². The number of thioether (sulfide) groups is 1. The van der Waals surface area contributed by atoms with Gasteiger partial charge in [-0.05, 0) is 25.0 Å². The fraction of sp³-hybridized carbons (Fsp3) is 1.00. The van der Waals surface area contributed by atoms with Crippen LogP contribution in [0.2, 0.25) is 0 Å². The lowest BCUT2D eigenvalue weighted by Crippen LogP contribution is -1.95. The summed E-state index contributed by atoms with van der Waals surface area (Å²) in [4.78, 5) is 0. The Morgan fingerprint density at radius 1 is 1.40 bits per heavy atom. The van der Waals surface area contributed by atoms with E-state index in [2.05, 4.69) is 13.8 Å². The lowest BCUT2D eigenvalue weighted by molar-refractivity contribution is 0.287. The molecule has 0 bridgehead atoms. The van der Waals surface area contributed by atoms with Crippen LogP contribution in [0.4, 0.5) is 0 Å². The first-order valence-electron chi connectivity index (χ1n) is 4.03. The first-order valence-corrected chi connectivity index (χ1v) is 5.08. The fourth-order valence-electron chi connectivity index (χ4n) is 0.616. The van der Waals surface area contributed by atoms with Gasteiger partial charge < -0.3 is 5.11 Å². The van der Waals surface area contributed by atoms with E-state index >= 15 is 0 Å². The largest absolute Gasteiger partial charge is 0.396 e. The molecule has 0 aliphatic heterocycles. The molecular weight excluding hydrogens is 144 g/mol. The highest BCUT2D eigenvalue weighted by Crippen LogP contribution is 2.14. The minimum Gasteiger partial charge on any atom is -0.396 e. The monoisotopic (exact) mass is 162 g/mol. The topological polar surface area (TPSA) is 20.2 Å². The molecule has 0 aliphatic rings. The Kier molecular flexibility index (Phi) is 7.65. The molecule has 0 aliphatic carbocycles. The van der Waals surface area contributed by atoms with E-state index in [-0.39, 0.29) is 0 Å². The maximum Gasteiger partial charge on any atom is 0.0431 e. The van der Waals surface area contributed by atoms with Crippen molar-refractivity contribution in [2.24, 2.45) is 0 Å². The molecule has 0 spiro atoms. The van der Waals surface area contributed by atoms with Crippen LogP contribution in [0.1, 0.15) is 33.1 Å². The molecule has 0 rings (SSSR count). The van der Waals surface area contributed by atoms with Gasteiger partial charge >= 0.3 is 0 Å². The second-order valence-electron chi connectivity index (χ2n) is 2.52. The summed E-state index contributed by atoms with van der Waals surface area (Å²) in [6.45, 7) is 4.81. The van der Waals surface area contributed by atoms with Crippen LogP contribution in [-0.4, -0.2) is 22.7 Å². The first-order chi connectivity index (χ1) is 4.81. The summed E-state index contributed by atoms with van der Waals surface area (Å²) in [5.41, 5.74) is 0. The van der Waals surface area contributed by atoms with E-state index in [1.54, 1.807) is 0 Å². The van der Waals surface area contributed by atoms with Gasteiger partial charge in [-0.25, -0.2) is 0 Å². The summed E-state index contributed by atoms with van der Waals surface area (Å²) in [5, 5.41) is 9.27. The highest BCUT2D eigenvalue weighted by Gasteiger charge is 1.96. The number of unbranched alkanes of at least 4 members (excludes halogenated alkanes) is 1. The Morgan fingerprint density at radius 3 is 2.60 bits per heavy atom. The van der Waals surface area contributed by atoms with E-state index in [9.17, 15) is 0 Å². The zero-order valence-corrected chi connectivity index (χ0v) is 7.78. The van der Waals surface area contributed by atoms with Crippen LogP contribution in [-0.2, 0) is 0 Å². The number of aliphatic hydroxyl groups excluding tert-OH is 1. The summed E-state index contributed by atoms with van der Waals surface area (Å²) in [6, 6.07) is 0. The van der Waals surface area contributed by atoms with Crippen molar-refractivity contribution in [1.82, 2.24) is 0 Å². The van der Waals surface area contributed by atoms with Crippen molar-refractivity contribution in [3.8, 4) is 0 Å². The molecule has 62 valence electrons. The maximum atomic E-state index is 8.48. The lowest BCUT2D eigenvalue weighted by Gasteiger charge is -2.06. The smallest absolute Gasteiger partial charge is 0.0431 e. The van der Waals surface area contributed by atoms with Crippen molar-refractivity contribution in [2.75, 3.05) is 12.4 Å². The summed E-state index contributed by atoms with van der Waals surface area (Å²) >= 11 is 2.01. The lowest BCUT2D eigenvalue weighted by atomic mass is 10.4. The molecular formula is C8H18OS. The van der Waals surface area contributed by atoms with Gasteiger partial charge in [0.25, 0.3) is 0 Å². The molecule has 0 aromatic rings. The molecule has 0 amide bonds. The van der Waals surface area contributed by atoms with E-state index in [0.717, 1.165) is 18.1 Å². The Bertz CT molecular complexity index is 66.3. The minimum absolute atomic E-state index is 0.348. The van der Waals surface area contributed by atoms with Gasteiger partial charge in [0.05, 0.1) is 0 Å². The van der Waals surface area contributed by atoms with Gasteiger partial charge in [0.2, 0.25) is 0 Å². The molecule has 1 unspecified atom stereocenters. The number of hydrogen-bond donors (Lipinski definition) is 1. The van der Waals surface area contributed by atoms with Crippen LogP contribution in [0.15, 0.2) is 0 Å².